The van der Waals surface area contributed by atoms with Gasteiger partial charge < -0.3 is 11.1 Å². The first kappa shape index (κ1) is 20.4. The first-order valence-corrected chi connectivity index (χ1v) is 10.4. The summed E-state index contributed by atoms with van der Waals surface area (Å²) >= 11 is 0. The number of rotatable bonds is 5. The molecule has 0 bridgehead atoms. The molecule has 1 atom stereocenters. The fourth-order valence-corrected chi connectivity index (χ4v) is 4.06. The van der Waals surface area contributed by atoms with Crippen molar-refractivity contribution in [2.75, 3.05) is 19.6 Å². The van der Waals surface area contributed by atoms with E-state index in [2.05, 4.69) is 35.1 Å². The molecule has 30 heavy (non-hydrogen) atoms. The van der Waals surface area contributed by atoms with Gasteiger partial charge >= 0.3 is 0 Å². The molecule has 2 heterocycles. The first-order chi connectivity index (χ1) is 14.4. The van der Waals surface area contributed by atoms with Crippen LogP contribution in [0.3, 0.4) is 0 Å². The van der Waals surface area contributed by atoms with Gasteiger partial charge in [0.25, 0.3) is 5.91 Å². The average Bonchev–Trinajstić information content (AvgIpc) is 2.73. The van der Waals surface area contributed by atoms with Crippen LogP contribution in [0.4, 0.5) is 4.39 Å². The van der Waals surface area contributed by atoms with Gasteiger partial charge in [0.05, 0.1) is 5.52 Å². The van der Waals surface area contributed by atoms with Gasteiger partial charge in [0, 0.05) is 37.6 Å². The molecule has 1 fully saturated rings. The van der Waals surface area contributed by atoms with Crippen molar-refractivity contribution in [1.82, 2.24) is 15.2 Å². The van der Waals surface area contributed by atoms with E-state index in [1.807, 2.05) is 12.1 Å². The normalized spacial score (nSPS) is 17.5. The van der Waals surface area contributed by atoms with Gasteiger partial charge in [0.15, 0.2) is 0 Å². The maximum absolute atomic E-state index is 13.4. The lowest BCUT2D eigenvalue weighted by atomic mass is 9.98. The predicted molar refractivity (Wildman–Crippen MR) is 118 cm³/mol. The second kappa shape index (κ2) is 8.50. The van der Waals surface area contributed by atoms with E-state index in [1.165, 1.54) is 12.1 Å². The van der Waals surface area contributed by atoms with E-state index in [4.69, 9.17) is 5.73 Å². The van der Waals surface area contributed by atoms with Crippen LogP contribution in [0.2, 0.25) is 0 Å². The first-order valence-electron chi connectivity index (χ1n) is 10.4. The second-order valence-corrected chi connectivity index (χ2v) is 8.32. The molecular weight excluding hydrogens is 379 g/mol. The van der Waals surface area contributed by atoms with Gasteiger partial charge in [-0.25, -0.2) is 9.37 Å². The van der Waals surface area contributed by atoms with Crippen molar-refractivity contribution in [2.24, 2.45) is 11.7 Å². The van der Waals surface area contributed by atoms with Crippen molar-refractivity contribution < 1.29 is 9.18 Å². The summed E-state index contributed by atoms with van der Waals surface area (Å²) in [5.41, 5.74) is 9.25. The molecule has 1 aromatic heterocycles. The number of amides is 1. The minimum absolute atomic E-state index is 0.209. The van der Waals surface area contributed by atoms with Crippen LogP contribution in [0.25, 0.3) is 22.0 Å². The van der Waals surface area contributed by atoms with Crippen LogP contribution in [0.15, 0.2) is 48.5 Å². The highest BCUT2D eigenvalue weighted by molar-refractivity contribution is 6.00. The summed E-state index contributed by atoms with van der Waals surface area (Å²) in [6, 6.07) is 14.6. The second-order valence-electron chi connectivity index (χ2n) is 8.32. The molecule has 1 saturated heterocycles. The number of nitrogens with one attached hydrogen (secondary N) is 1. The number of piperazine rings is 1. The lowest BCUT2D eigenvalue weighted by Gasteiger charge is -2.35. The Morgan fingerprint density at radius 1 is 1.23 bits per heavy atom. The number of benzene rings is 2. The van der Waals surface area contributed by atoms with Gasteiger partial charge in [-0.2, -0.15) is 0 Å². The number of aromatic nitrogens is 1. The molecule has 0 spiro atoms. The van der Waals surface area contributed by atoms with Crippen molar-refractivity contribution in [2.45, 2.75) is 26.4 Å². The highest BCUT2D eigenvalue weighted by atomic mass is 19.1. The van der Waals surface area contributed by atoms with E-state index in [0.29, 0.717) is 12.0 Å². The minimum Gasteiger partial charge on any atom is -0.364 e. The van der Waals surface area contributed by atoms with Crippen molar-refractivity contribution in [3.05, 3.63) is 65.6 Å². The molecule has 0 radical (unpaired) electrons. The number of primary amides is 1. The fourth-order valence-electron chi connectivity index (χ4n) is 4.06. The summed E-state index contributed by atoms with van der Waals surface area (Å²) in [5.74, 6) is -0.291. The van der Waals surface area contributed by atoms with E-state index in [9.17, 15) is 9.18 Å². The lowest BCUT2D eigenvalue weighted by Crippen LogP contribution is -2.52. The molecule has 1 unspecified atom stereocenters. The number of hydrogen-bond donors (Lipinski definition) is 2. The molecule has 1 aliphatic heterocycles. The van der Waals surface area contributed by atoms with Gasteiger partial charge in [0.1, 0.15) is 11.5 Å². The molecule has 1 amide bonds. The molecule has 6 heteroatoms. The summed E-state index contributed by atoms with van der Waals surface area (Å²) in [5, 5.41) is 4.49. The quantitative estimate of drug-likeness (QED) is 0.680. The lowest BCUT2D eigenvalue weighted by molar-refractivity contribution is 0.0996. The van der Waals surface area contributed by atoms with E-state index >= 15 is 0 Å². The van der Waals surface area contributed by atoms with E-state index < -0.39 is 5.91 Å². The zero-order valence-corrected chi connectivity index (χ0v) is 17.4. The number of nitrogens with two attached hydrogens (primary N) is 1. The van der Waals surface area contributed by atoms with Crippen molar-refractivity contribution in [1.29, 1.82) is 0 Å². The summed E-state index contributed by atoms with van der Waals surface area (Å²) in [6.45, 7) is 8.29. The largest absolute Gasteiger partial charge is 0.364 e. The minimum atomic E-state index is -0.576. The number of carbonyl (C=O) groups excluding carboxylic acids is 1. The molecular formula is C24H27FN4O. The number of halogens is 1. The van der Waals surface area contributed by atoms with Crippen molar-refractivity contribution in [3.8, 4) is 11.1 Å². The van der Waals surface area contributed by atoms with Gasteiger partial charge in [-0.05, 0) is 46.9 Å². The van der Waals surface area contributed by atoms with Crippen molar-refractivity contribution in [3.63, 3.8) is 0 Å². The summed E-state index contributed by atoms with van der Waals surface area (Å²) in [7, 11) is 0. The number of hydrogen-bond acceptors (Lipinski definition) is 4. The Labute approximate surface area is 176 Å². The Balaban J connectivity index is 1.69. The fraction of sp³-hybridized carbons (Fsp3) is 0.333. The van der Waals surface area contributed by atoms with Crippen LogP contribution < -0.4 is 11.1 Å². The van der Waals surface area contributed by atoms with Crippen molar-refractivity contribution >= 4 is 16.8 Å². The maximum atomic E-state index is 13.4. The molecule has 4 rings (SSSR count). The summed E-state index contributed by atoms with van der Waals surface area (Å²) in [6.07, 6.45) is 0. The maximum Gasteiger partial charge on any atom is 0.267 e. The standard InChI is InChI=1S/C24H27FN4O/c1-15(2)23-14-29(10-9-27-23)13-16-3-8-19-20(17-4-6-18(25)7-5-17)12-22(24(26)30)28-21(19)11-16/h3-8,11-12,15,23,27H,9-10,13-14H2,1-2H3,(H2,26,30). The van der Waals surface area contributed by atoms with Crippen LogP contribution >= 0.6 is 0 Å². The Kier molecular flexibility index (Phi) is 5.79. The smallest absolute Gasteiger partial charge is 0.267 e. The predicted octanol–water partition coefficient (Wildman–Crippen LogP) is 3.57. The van der Waals surface area contributed by atoms with Gasteiger partial charge in [-0.1, -0.05) is 38.1 Å². The number of nitrogens with zero attached hydrogens (tertiary/aromatic N) is 2. The highest BCUT2D eigenvalue weighted by Crippen LogP contribution is 2.30. The monoisotopic (exact) mass is 406 g/mol. The Morgan fingerprint density at radius 2 is 2.00 bits per heavy atom. The molecule has 0 aliphatic carbocycles. The number of fused-ring (bicyclic) bond motifs is 1. The average molecular weight is 407 g/mol. The topological polar surface area (TPSA) is 71.2 Å². The van der Waals surface area contributed by atoms with E-state index in [-0.39, 0.29) is 11.5 Å². The number of pyridine rings is 1. The van der Waals surface area contributed by atoms with E-state index in [1.54, 1.807) is 18.2 Å². The van der Waals surface area contributed by atoms with Crippen LogP contribution in [0.1, 0.15) is 29.9 Å². The third-order valence-electron chi connectivity index (χ3n) is 5.78. The van der Waals surface area contributed by atoms with Crippen LogP contribution in [-0.4, -0.2) is 41.5 Å². The molecule has 2 aromatic carbocycles. The van der Waals surface area contributed by atoms with Crippen LogP contribution in [0.5, 0.6) is 0 Å². The molecule has 5 nitrogen and oxygen atoms in total. The Hall–Kier alpha value is -2.83. The van der Waals surface area contributed by atoms with E-state index in [0.717, 1.165) is 53.8 Å². The zero-order chi connectivity index (χ0) is 21.3. The van der Waals surface area contributed by atoms with Gasteiger partial charge in [-0.15, -0.1) is 0 Å². The highest BCUT2D eigenvalue weighted by Gasteiger charge is 2.22. The molecule has 1 aliphatic rings. The third kappa shape index (κ3) is 4.35. The Bertz CT molecular complexity index is 1060. The van der Waals surface area contributed by atoms with Gasteiger partial charge in [-0.3, -0.25) is 9.69 Å². The number of carbonyl (C=O) groups is 1. The third-order valence-corrected chi connectivity index (χ3v) is 5.78. The van der Waals surface area contributed by atoms with Crippen LogP contribution in [0, 0.1) is 11.7 Å². The van der Waals surface area contributed by atoms with Crippen LogP contribution in [-0.2, 0) is 6.54 Å². The molecule has 3 N–H and O–H groups in total. The molecule has 156 valence electrons. The summed E-state index contributed by atoms with van der Waals surface area (Å²) in [4.78, 5) is 18.8. The summed E-state index contributed by atoms with van der Waals surface area (Å²) < 4.78 is 13.4. The molecule has 3 aromatic rings. The SMILES string of the molecule is CC(C)C1CN(Cc2ccc3c(-c4ccc(F)cc4)cc(C(N)=O)nc3c2)CCN1. The van der Waals surface area contributed by atoms with Gasteiger partial charge in [0.2, 0.25) is 0 Å². The zero-order valence-electron chi connectivity index (χ0n) is 17.4. The molecule has 0 saturated carbocycles. The Morgan fingerprint density at radius 3 is 2.70 bits per heavy atom.